The lowest BCUT2D eigenvalue weighted by Crippen LogP contribution is -1.99. The second-order valence-corrected chi connectivity index (χ2v) is 4.18. The highest BCUT2D eigenvalue weighted by Crippen LogP contribution is 2.11. The third-order valence-corrected chi connectivity index (χ3v) is 2.55. The van der Waals surface area contributed by atoms with Crippen LogP contribution in [-0.4, -0.2) is 10.1 Å². The molecule has 0 atom stereocenters. The highest BCUT2D eigenvalue weighted by Gasteiger charge is 2.04. The second kappa shape index (κ2) is 5.68. The standard InChI is InChI=1S/C12H14ClN3O/c1-2-3-11-15-12(17-16-11)14-8-9-4-6-10(13)7-5-9/h4-7H,2-3,8H2,1H3,(H,14,15,16). The van der Waals surface area contributed by atoms with Gasteiger partial charge in [-0.3, -0.25) is 0 Å². The summed E-state index contributed by atoms with van der Waals surface area (Å²) in [4.78, 5) is 4.22. The van der Waals surface area contributed by atoms with Gasteiger partial charge in [0.05, 0.1) is 0 Å². The van der Waals surface area contributed by atoms with Crippen molar-refractivity contribution < 1.29 is 4.52 Å². The molecule has 90 valence electrons. The molecule has 0 unspecified atom stereocenters. The Morgan fingerprint density at radius 3 is 2.76 bits per heavy atom. The summed E-state index contributed by atoms with van der Waals surface area (Å²) in [5, 5.41) is 7.67. The molecular formula is C12H14ClN3O. The molecule has 1 heterocycles. The zero-order chi connectivity index (χ0) is 12.1. The van der Waals surface area contributed by atoms with E-state index in [1.54, 1.807) is 0 Å². The minimum atomic E-state index is 0.461. The number of hydrogen-bond donors (Lipinski definition) is 1. The Hall–Kier alpha value is -1.55. The van der Waals surface area contributed by atoms with Crippen LogP contribution in [0.3, 0.4) is 0 Å². The van der Waals surface area contributed by atoms with E-state index in [1.807, 2.05) is 24.3 Å². The van der Waals surface area contributed by atoms with E-state index in [0.717, 1.165) is 29.3 Å². The molecule has 0 radical (unpaired) electrons. The number of aromatic nitrogens is 2. The molecule has 0 aliphatic rings. The first-order valence-electron chi connectivity index (χ1n) is 5.59. The van der Waals surface area contributed by atoms with Crippen LogP contribution in [0.25, 0.3) is 0 Å². The summed E-state index contributed by atoms with van der Waals surface area (Å²) < 4.78 is 5.06. The van der Waals surface area contributed by atoms with Crippen LogP contribution in [0.15, 0.2) is 28.8 Å². The van der Waals surface area contributed by atoms with E-state index in [0.29, 0.717) is 12.6 Å². The van der Waals surface area contributed by atoms with Crippen LogP contribution in [0.4, 0.5) is 6.01 Å². The summed E-state index contributed by atoms with van der Waals surface area (Å²) in [6, 6.07) is 8.09. The highest BCUT2D eigenvalue weighted by molar-refractivity contribution is 6.30. The van der Waals surface area contributed by atoms with E-state index >= 15 is 0 Å². The normalized spacial score (nSPS) is 10.5. The Labute approximate surface area is 105 Å². The molecule has 0 saturated heterocycles. The first-order valence-corrected chi connectivity index (χ1v) is 5.96. The van der Waals surface area contributed by atoms with E-state index in [-0.39, 0.29) is 0 Å². The smallest absolute Gasteiger partial charge is 0.321 e. The predicted molar refractivity (Wildman–Crippen MR) is 67.1 cm³/mol. The van der Waals surface area contributed by atoms with Crippen molar-refractivity contribution in [1.82, 2.24) is 10.1 Å². The molecule has 2 rings (SSSR count). The van der Waals surface area contributed by atoms with Gasteiger partial charge in [-0.1, -0.05) is 35.8 Å². The average molecular weight is 252 g/mol. The van der Waals surface area contributed by atoms with Gasteiger partial charge in [0.15, 0.2) is 5.82 Å². The zero-order valence-corrected chi connectivity index (χ0v) is 10.4. The maximum atomic E-state index is 5.81. The average Bonchev–Trinajstić information content (AvgIpc) is 2.77. The summed E-state index contributed by atoms with van der Waals surface area (Å²) >= 11 is 5.81. The monoisotopic (exact) mass is 251 g/mol. The molecule has 1 aromatic heterocycles. The Balaban J connectivity index is 1.90. The molecule has 4 nitrogen and oxygen atoms in total. The third kappa shape index (κ3) is 3.46. The molecule has 0 amide bonds. The Morgan fingerprint density at radius 2 is 2.06 bits per heavy atom. The van der Waals surface area contributed by atoms with Gasteiger partial charge in [0.25, 0.3) is 0 Å². The van der Waals surface area contributed by atoms with Gasteiger partial charge in [0.1, 0.15) is 0 Å². The molecule has 0 fully saturated rings. The first kappa shape index (κ1) is 11.9. The van der Waals surface area contributed by atoms with Crippen molar-refractivity contribution in [3.05, 3.63) is 40.7 Å². The highest BCUT2D eigenvalue weighted by atomic mass is 35.5. The molecule has 5 heteroatoms. The van der Waals surface area contributed by atoms with E-state index in [2.05, 4.69) is 22.4 Å². The lowest BCUT2D eigenvalue weighted by molar-refractivity contribution is 0.422. The fourth-order valence-electron chi connectivity index (χ4n) is 1.43. The van der Waals surface area contributed by atoms with Crippen molar-refractivity contribution in [2.75, 3.05) is 5.32 Å². The van der Waals surface area contributed by atoms with Crippen molar-refractivity contribution in [1.29, 1.82) is 0 Å². The van der Waals surface area contributed by atoms with Gasteiger partial charge in [-0.25, -0.2) is 0 Å². The molecule has 1 aromatic carbocycles. The van der Waals surface area contributed by atoms with Gasteiger partial charge in [-0.05, 0) is 24.1 Å². The fourth-order valence-corrected chi connectivity index (χ4v) is 1.56. The van der Waals surface area contributed by atoms with Gasteiger partial charge >= 0.3 is 6.01 Å². The zero-order valence-electron chi connectivity index (χ0n) is 9.61. The number of nitrogens with zero attached hydrogens (tertiary/aromatic N) is 2. The lowest BCUT2D eigenvalue weighted by atomic mass is 10.2. The summed E-state index contributed by atoms with van der Waals surface area (Å²) in [6.45, 7) is 2.72. The van der Waals surface area contributed by atoms with Crippen molar-refractivity contribution in [3.63, 3.8) is 0 Å². The number of anilines is 1. The Kier molecular flexibility index (Phi) is 3.98. The molecule has 0 aliphatic heterocycles. The maximum absolute atomic E-state index is 5.81. The van der Waals surface area contributed by atoms with Gasteiger partial charge in [-0.2, -0.15) is 4.98 Å². The summed E-state index contributed by atoms with van der Waals surface area (Å²) in [5.41, 5.74) is 1.12. The lowest BCUT2D eigenvalue weighted by Gasteiger charge is -2.00. The second-order valence-electron chi connectivity index (χ2n) is 3.75. The number of halogens is 1. The number of hydrogen-bond acceptors (Lipinski definition) is 4. The van der Waals surface area contributed by atoms with Gasteiger partial charge in [0.2, 0.25) is 0 Å². The number of rotatable bonds is 5. The van der Waals surface area contributed by atoms with E-state index in [9.17, 15) is 0 Å². The SMILES string of the molecule is CCCc1noc(NCc2ccc(Cl)cc2)n1. The predicted octanol–water partition coefficient (Wildman–Crippen LogP) is 3.29. The van der Waals surface area contributed by atoms with Crippen LogP contribution in [0.2, 0.25) is 5.02 Å². The summed E-state index contributed by atoms with van der Waals surface area (Å²) in [5.74, 6) is 0.742. The largest absolute Gasteiger partial charge is 0.334 e. The van der Waals surface area contributed by atoms with Gasteiger partial charge < -0.3 is 9.84 Å². The van der Waals surface area contributed by atoms with Crippen LogP contribution in [0.5, 0.6) is 0 Å². The minimum absolute atomic E-state index is 0.461. The van der Waals surface area contributed by atoms with Crippen LogP contribution in [-0.2, 0) is 13.0 Å². The molecule has 0 bridgehead atoms. The Morgan fingerprint density at radius 1 is 1.29 bits per heavy atom. The number of aryl methyl sites for hydroxylation is 1. The molecule has 0 saturated carbocycles. The Bertz CT molecular complexity index is 467. The van der Waals surface area contributed by atoms with Crippen molar-refractivity contribution >= 4 is 17.6 Å². The molecule has 1 N–H and O–H groups in total. The molecular weight excluding hydrogens is 238 g/mol. The molecule has 0 aliphatic carbocycles. The van der Waals surface area contributed by atoms with E-state index < -0.39 is 0 Å². The minimum Gasteiger partial charge on any atom is -0.334 e. The van der Waals surface area contributed by atoms with Crippen molar-refractivity contribution in [3.8, 4) is 0 Å². The number of benzene rings is 1. The summed E-state index contributed by atoms with van der Waals surface area (Å²) in [6.07, 6.45) is 1.85. The molecule has 17 heavy (non-hydrogen) atoms. The van der Waals surface area contributed by atoms with Crippen LogP contribution >= 0.6 is 11.6 Å². The first-order chi connectivity index (χ1) is 8.28. The fraction of sp³-hybridized carbons (Fsp3) is 0.333. The van der Waals surface area contributed by atoms with Crippen LogP contribution in [0.1, 0.15) is 24.7 Å². The van der Waals surface area contributed by atoms with E-state index in [4.69, 9.17) is 16.1 Å². The number of nitrogens with one attached hydrogen (secondary N) is 1. The summed E-state index contributed by atoms with van der Waals surface area (Å²) in [7, 11) is 0. The van der Waals surface area contributed by atoms with Crippen LogP contribution in [0, 0.1) is 0 Å². The van der Waals surface area contributed by atoms with E-state index in [1.165, 1.54) is 0 Å². The van der Waals surface area contributed by atoms with Gasteiger partial charge in [-0.15, -0.1) is 0 Å². The third-order valence-electron chi connectivity index (χ3n) is 2.30. The van der Waals surface area contributed by atoms with Crippen LogP contribution < -0.4 is 5.32 Å². The quantitative estimate of drug-likeness (QED) is 0.886. The van der Waals surface area contributed by atoms with Crippen molar-refractivity contribution in [2.45, 2.75) is 26.3 Å². The topological polar surface area (TPSA) is 51.0 Å². The maximum Gasteiger partial charge on any atom is 0.321 e. The van der Waals surface area contributed by atoms with Gasteiger partial charge in [0, 0.05) is 18.0 Å². The molecule has 0 spiro atoms. The van der Waals surface area contributed by atoms with Crippen molar-refractivity contribution in [2.24, 2.45) is 0 Å². The molecule has 2 aromatic rings.